The first-order chi connectivity index (χ1) is 10.8. The maximum atomic E-state index is 10.0. The van der Waals surface area contributed by atoms with Crippen LogP contribution in [0.25, 0.3) is 0 Å². The molecule has 1 aliphatic heterocycles. The van der Waals surface area contributed by atoms with Gasteiger partial charge in [0.15, 0.2) is 0 Å². The van der Waals surface area contributed by atoms with Crippen molar-refractivity contribution in [3.8, 4) is 5.75 Å². The van der Waals surface area contributed by atoms with Gasteiger partial charge in [0.2, 0.25) is 0 Å². The SMILES string of the molecule is COCc1cccc(CNc2cccc3c2OCCC3O)c1. The second-order valence-corrected chi connectivity index (χ2v) is 5.48. The standard InChI is InChI=1S/C18H21NO3/c1-21-12-14-5-2-4-13(10-14)11-19-16-7-3-6-15-17(20)8-9-22-18(15)16/h2-7,10,17,19-20H,8-9,11-12H2,1H3. The van der Waals surface area contributed by atoms with Crippen LogP contribution in [0, 0.1) is 0 Å². The number of ether oxygens (including phenoxy) is 2. The Morgan fingerprint density at radius 2 is 2.05 bits per heavy atom. The maximum Gasteiger partial charge on any atom is 0.148 e. The maximum absolute atomic E-state index is 10.0. The molecular formula is C18H21NO3. The second kappa shape index (κ2) is 6.81. The molecule has 0 spiro atoms. The average molecular weight is 299 g/mol. The molecule has 116 valence electrons. The van der Waals surface area contributed by atoms with E-state index in [9.17, 15) is 5.11 Å². The van der Waals surface area contributed by atoms with Crippen LogP contribution in [0.4, 0.5) is 5.69 Å². The normalized spacial score (nSPS) is 16.7. The van der Waals surface area contributed by atoms with Gasteiger partial charge in [0.25, 0.3) is 0 Å². The Morgan fingerprint density at radius 3 is 2.91 bits per heavy atom. The number of aliphatic hydroxyl groups is 1. The number of anilines is 1. The van der Waals surface area contributed by atoms with E-state index in [0.29, 0.717) is 26.2 Å². The molecule has 2 aromatic carbocycles. The second-order valence-electron chi connectivity index (χ2n) is 5.48. The summed E-state index contributed by atoms with van der Waals surface area (Å²) >= 11 is 0. The Bertz CT molecular complexity index is 642. The van der Waals surface area contributed by atoms with Crippen molar-refractivity contribution >= 4 is 5.69 Å². The van der Waals surface area contributed by atoms with E-state index >= 15 is 0 Å². The summed E-state index contributed by atoms with van der Waals surface area (Å²) in [6, 6.07) is 14.1. The van der Waals surface area contributed by atoms with E-state index in [1.807, 2.05) is 24.3 Å². The molecule has 3 rings (SSSR count). The lowest BCUT2D eigenvalue weighted by atomic mass is 10.0. The van der Waals surface area contributed by atoms with Crippen LogP contribution in [-0.4, -0.2) is 18.8 Å². The molecule has 1 atom stereocenters. The summed E-state index contributed by atoms with van der Waals surface area (Å²) in [5.74, 6) is 0.772. The summed E-state index contributed by atoms with van der Waals surface area (Å²) in [6.45, 7) is 1.87. The Morgan fingerprint density at radius 1 is 1.23 bits per heavy atom. The van der Waals surface area contributed by atoms with Crippen LogP contribution in [-0.2, 0) is 17.9 Å². The summed E-state index contributed by atoms with van der Waals surface area (Å²) in [6.07, 6.45) is 0.214. The number of benzene rings is 2. The highest BCUT2D eigenvalue weighted by Crippen LogP contribution is 2.37. The molecule has 0 saturated carbocycles. The summed E-state index contributed by atoms with van der Waals surface area (Å²) < 4.78 is 10.9. The lowest BCUT2D eigenvalue weighted by molar-refractivity contribution is 0.116. The quantitative estimate of drug-likeness (QED) is 0.890. The summed E-state index contributed by atoms with van der Waals surface area (Å²) in [7, 11) is 1.70. The smallest absolute Gasteiger partial charge is 0.148 e. The molecule has 0 saturated heterocycles. The molecule has 1 heterocycles. The van der Waals surface area contributed by atoms with E-state index in [4.69, 9.17) is 9.47 Å². The van der Waals surface area contributed by atoms with Crippen LogP contribution in [0.2, 0.25) is 0 Å². The number of nitrogens with one attached hydrogen (secondary N) is 1. The fourth-order valence-electron chi connectivity index (χ4n) is 2.74. The van der Waals surface area contributed by atoms with Gasteiger partial charge >= 0.3 is 0 Å². The van der Waals surface area contributed by atoms with Gasteiger partial charge in [-0.1, -0.05) is 36.4 Å². The zero-order chi connectivity index (χ0) is 15.4. The van der Waals surface area contributed by atoms with Gasteiger partial charge in [-0.25, -0.2) is 0 Å². The first kappa shape index (κ1) is 14.9. The van der Waals surface area contributed by atoms with Crippen LogP contribution in [0.3, 0.4) is 0 Å². The van der Waals surface area contributed by atoms with Gasteiger partial charge in [0, 0.05) is 25.6 Å². The molecule has 0 fully saturated rings. The Labute approximate surface area is 130 Å². The number of rotatable bonds is 5. The summed E-state index contributed by atoms with van der Waals surface area (Å²) in [5, 5.41) is 13.4. The van der Waals surface area contributed by atoms with Gasteiger partial charge in [-0.3, -0.25) is 0 Å². The fraction of sp³-hybridized carbons (Fsp3) is 0.333. The predicted molar refractivity (Wildman–Crippen MR) is 86.0 cm³/mol. The van der Waals surface area contributed by atoms with Gasteiger partial charge in [-0.05, 0) is 17.2 Å². The Balaban J connectivity index is 1.74. The van der Waals surface area contributed by atoms with Gasteiger partial charge in [-0.15, -0.1) is 0 Å². The molecule has 1 unspecified atom stereocenters. The highest BCUT2D eigenvalue weighted by Gasteiger charge is 2.21. The van der Waals surface area contributed by atoms with Gasteiger partial charge in [0.05, 0.1) is 25.0 Å². The van der Waals surface area contributed by atoms with E-state index in [1.54, 1.807) is 7.11 Å². The lowest BCUT2D eigenvalue weighted by Gasteiger charge is -2.24. The van der Waals surface area contributed by atoms with Crippen molar-refractivity contribution < 1.29 is 14.6 Å². The van der Waals surface area contributed by atoms with Crippen molar-refractivity contribution in [3.05, 3.63) is 59.2 Å². The minimum absolute atomic E-state index is 0.435. The molecule has 0 bridgehead atoms. The van der Waals surface area contributed by atoms with Crippen LogP contribution in [0.5, 0.6) is 5.75 Å². The van der Waals surface area contributed by atoms with Crippen LogP contribution in [0.15, 0.2) is 42.5 Å². The van der Waals surface area contributed by atoms with Crippen molar-refractivity contribution in [2.75, 3.05) is 19.0 Å². The van der Waals surface area contributed by atoms with E-state index in [0.717, 1.165) is 22.6 Å². The van der Waals surface area contributed by atoms with E-state index in [2.05, 4.69) is 23.5 Å². The number of fused-ring (bicyclic) bond motifs is 1. The van der Waals surface area contributed by atoms with Crippen LogP contribution < -0.4 is 10.1 Å². The molecule has 22 heavy (non-hydrogen) atoms. The Kier molecular flexibility index (Phi) is 4.61. The third kappa shape index (κ3) is 3.24. The van der Waals surface area contributed by atoms with Gasteiger partial charge in [-0.2, -0.15) is 0 Å². The molecule has 2 aromatic rings. The zero-order valence-electron chi connectivity index (χ0n) is 12.7. The van der Waals surface area contributed by atoms with Crippen molar-refractivity contribution in [1.29, 1.82) is 0 Å². The lowest BCUT2D eigenvalue weighted by Crippen LogP contribution is -2.15. The monoisotopic (exact) mass is 299 g/mol. The third-order valence-corrected chi connectivity index (χ3v) is 3.83. The minimum atomic E-state index is -0.435. The molecule has 4 heteroatoms. The average Bonchev–Trinajstić information content (AvgIpc) is 2.54. The van der Waals surface area contributed by atoms with Gasteiger partial charge in [0.1, 0.15) is 5.75 Å². The molecule has 0 radical (unpaired) electrons. The van der Waals surface area contributed by atoms with Gasteiger partial charge < -0.3 is 19.9 Å². The third-order valence-electron chi connectivity index (χ3n) is 3.83. The number of aliphatic hydroxyl groups excluding tert-OH is 1. The summed E-state index contributed by atoms with van der Waals surface area (Å²) in [5.41, 5.74) is 4.13. The molecule has 2 N–H and O–H groups in total. The van der Waals surface area contributed by atoms with Crippen molar-refractivity contribution in [1.82, 2.24) is 0 Å². The largest absolute Gasteiger partial charge is 0.491 e. The number of hydrogen-bond donors (Lipinski definition) is 2. The highest BCUT2D eigenvalue weighted by atomic mass is 16.5. The summed E-state index contributed by atoms with van der Waals surface area (Å²) in [4.78, 5) is 0. The number of hydrogen-bond acceptors (Lipinski definition) is 4. The molecule has 0 amide bonds. The first-order valence-electron chi connectivity index (χ1n) is 7.52. The van der Waals surface area contributed by atoms with E-state index in [1.165, 1.54) is 5.56 Å². The predicted octanol–water partition coefficient (Wildman–Crippen LogP) is 3.26. The fourth-order valence-corrected chi connectivity index (χ4v) is 2.74. The highest BCUT2D eigenvalue weighted by molar-refractivity contribution is 5.61. The molecule has 4 nitrogen and oxygen atoms in total. The Hall–Kier alpha value is -2.04. The molecule has 0 aliphatic carbocycles. The molecular weight excluding hydrogens is 278 g/mol. The van der Waals surface area contributed by atoms with Crippen molar-refractivity contribution in [3.63, 3.8) is 0 Å². The number of methoxy groups -OCH3 is 1. The topological polar surface area (TPSA) is 50.7 Å². The molecule has 0 aromatic heterocycles. The van der Waals surface area contributed by atoms with Crippen molar-refractivity contribution in [2.45, 2.75) is 25.7 Å². The van der Waals surface area contributed by atoms with E-state index in [-0.39, 0.29) is 0 Å². The number of para-hydroxylation sites is 1. The van der Waals surface area contributed by atoms with E-state index < -0.39 is 6.10 Å². The van der Waals surface area contributed by atoms with Crippen LogP contribution in [0.1, 0.15) is 29.2 Å². The zero-order valence-corrected chi connectivity index (χ0v) is 12.7. The molecule has 1 aliphatic rings. The van der Waals surface area contributed by atoms with Crippen molar-refractivity contribution in [2.24, 2.45) is 0 Å². The first-order valence-corrected chi connectivity index (χ1v) is 7.52. The van der Waals surface area contributed by atoms with Crippen LogP contribution >= 0.6 is 0 Å². The minimum Gasteiger partial charge on any atom is -0.491 e.